The lowest BCUT2D eigenvalue weighted by Crippen LogP contribution is -2.13. The van der Waals surface area contributed by atoms with Gasteiger partial charge in [0.2, 0.25) is 0 Å². The minimum absolute atomic E-state index is 0.209. The van der Waals surface area contributed by atoms with Gasteiger partial charge in [0.05, 0.1) is 0 Å². The zero-order valence-corrected chi connectivity index (χ0v) is 8.98. The molecule has 15 heavy (non-hydrogen) atoms. The van der Waals surface area contributed by atoms with Crippen LogP contribution in [0.3, 0.4) is 0 Å². The fourth-order valence-electron chi connectivity index (χ4n) is 1.43. The second-order valence-electron chi connectivity index (χ2n) is 3.87. The van der Waals surface area contributed by atoms with Crippen LogP contribution >= 0.6 is 0 Å². The van der Waals surface area contributed by atoms with E-state index in [4.69, 9.17) is 5.73 Å². The molecule has 0 aliphatic carbocycles. The molecule has 0 fully saturated rings. The molecule has 3 heteroatoms. The van der Waals surface area contributed by atoms with Crippen molar-refractivity contribution < 1.29 is 8.78 Å². The first-order chi connectivity index (χ1) is 6.93. The minimum Gasteiger partial charge on any atom is -0.324 e. The molecular formula is C12H15F2N. The maximum absolute atomic E-state index is 13.5. The van der Waals surface area contributed by atoms with E-state index in [1.807, 2.05) is 6.92 Å². The predicted molar refractivity (Wildman–Crippen MR) is 57.5 cm³/mol. The summed E-state index contributed by atoms with van der Waals surface area (Å²) in [6, 6.07) is 2.53. The molecule has 0 amide bonds. The van der Waals surface area contributed by atoms with E-state index in [2.05, 4.69) is 6.58 Å². The number of halogens is 2. The summed E-state index contributed by atoms with van der Waals surface area (Å²) in [6.45, 7) is 7.02. The smallest absolute Gasteiger partial charge is 0.163 e. The SMILES string of the molecule is C=C(C)C[C@H](N)c1ccc(C)c(F)c1F. The summed E-state index contributed by atoms with van der Waals surface area (Å²) < 4.78 is 26.7. The highest BCUT2D eigenvalue weighted by Gasteiger charge is 2.16. The molecule has 0 saturated heterocycles. The van der Waals surface area contributed by atoms with E-state index in [9.17, 15) is 8.78 Å². The van der Waals surface area contributed by atoms with Crippen LogP contribution in [-0.4, -0.2) is 0 Å². The van der Waals surface area contributed by atoms with Gasteiger partial charge in [-0.3, -0.25) is 0 Å². The lowest BCUT2D eigenvalue weighted by atomic mass is 9.99. The monoisotopic (exact) mass is 211 g/mol. The van der Waals surface area contributed by atoms with Crippen LogP contribution in [0.15, 0.2) is 24.3 Å². The Labute approximate surface area is 88.6 Å². The molecule has 1 aromatic rings. The highest BCUT2D eigenvalue weighted by atomic mass is 19.2. The average molecular weight is 211 g/mol. The van der Waals surface area contributed by atoms with Gasteiger partial charge < -0.3 is 5.73 Å². The van der Waals surface area contributed by atoms with E-state index >= 15 is 0 Å². The first kappa shape index (κ1) is 11.9. The number of nitrogens with two attached hydrogens (primary N) is 1. The lowest BCUT2D eigenvalue weighted by Gasteiger charge is -2.13. The summed E-state index contributed by atoms with van der Waals surface area (Å²) in [5.74, 6) is -1.66. The summed E-state index contributed by atoms with van der Waals surface area (Å²) in [4.78, 5) is 0. The Kier molecular flexibility index (Phi) is 3.58. The number of benzene rings is 1. The molecule has 0 unspecified atom stereocenters. The van der Waals surface area contributed by atoms with E-state index in [0.29, 0.717) is 12.0 Å². The Morgan fingerprint density at radius 3 is 2.53 bits per heavy atom. The molecule has 0 aliphatic heterocycles. The molecule has 2 N–H and O–H groups in total. The molecule has 1 rings (SSSR count). The largest absolute Gasteiger partial charge is 0.324 e. The van der Waals surface area contributed by atoms with Gasteiger partial charge >= 0.3 is 0 Å². The average Bonchev–Trinajstić information content (AvgIpc) is 2.13. The van der Waals surface area contributed by atoms with E-state index in [1.165, 1.54) is 19.1 Å². The molecule has 1 atom stereocenters. The number of hydrogen-bond acceptors (Lipinski definition) is 1. The quantitative estimate of drug-likeness (QED) is 0.763. The van der Waals surface area contributed by atoms with Gasteiger partial charge in [-0.2, -0.15) is 0 Å². The summed E-state index contributed by atoms with van der Waals surface area (Å²) in [5, 5.41) is 0. The summed E-state index contributed by atoms with van der Waals surface area (Å²) in [5.41, 5.74) is 7.10. The molecule has 82 valence electrons. The fraction of sp³-hybridized carbons (Fsp3) is 0.333. The highest BCUT2D eigenvalue weighted by molar-refractivity contribution is 5.28. The Balaban J connectivity index is 3.05. The third-order valence-corrected chi connectivity index (χ3v) is 2.27. The second-order valence-corrected chi connectivity index (χ2v) is 3.87. The molecule has 0 spiro atoms. The Morgan fingerprint density at radius 2 is 2.00 bits per heavy atom. The van der Waals surface area contributed by atoms with Crippen molar-refractivity contribution in [3.8, 4) is 0 Å². The van der Waals surface area contributed by atoms with Gasteiger partial charge in [0, 0.05) is 11.6 Å². The molecule has 0 aliphatic rings. The highest BCUT2D eigenvalue weighted by Crippen LogP contribution is 2.23. The molecule has 0 heterocycles. The zero-order chi connectivity index (χ0) is 11.6. The standard InChI is InChI=1S/C12H15F2N/c1-7(2)6-10(15)9-5-4-8(3)11(13)12(9)14/h4-5,10H,1,6,15H2,2-3H3/t10-/m0/s1. The van der Waals surface area contributed by atoms with Crippen molar-refractivity contribution in [1.82, 2.24) is 0 Å². The first-order valence-corrected chi connectivity index (χ1v) is 4.78. The topological polar surface area (TPSA) is 26.0 Å². The van der Waals surface area contributed by atoms with Crippen LogP contribution in [0, 0.1) is 18.6 Å². The van der Waals surface area contributed by atoms with Crippen LogP contribution in [0.4, 0.5) is 8.78 Å². The van der Waals surface area contributed by atoms with E-state index < -0.39 is 17.7 Å². The Hall–Kier alpha value is -1.22. The van der Waals surface area contributed by atoms with Crippen molar-refractivity contribution in [2.24, 2.45) is 5.73 Å². The predicted octanol–water partition coefficient (Wildman–Crippen LogP) is 3.24. The van der Waals surface area contributed by atoms with Crippen LogP contribution in [0.5, 0.6) is 0 Å². The van der Waals surface area contributed by atoms with Gasteiger partial charge in [-0.05, 0) is 25.8 Å². The van der Waals surface area contributed by atoms with E-state index in [0.717, 1.165) is 5.57 Å². The molecule has 0 bridgehead atoms. The molecular weight excluding hydrogens is 196 g/mol. The van der Waals surface area contributed by atoms with Gasteiger partial charge in [0.15, 0.2) is 11.6 Å². The van der Waals surface area contributed by atoms with E-state index in [1.54, 1.807) is 0 Å². The van der Waals surface area contributed by atoms with Crippen LogP contribution in [-0.2, 0) is 0 Å². The van der Waals surface area contributed by atoms with Crippen LogP contribution < -0.4 is 5.73 Å². The maximum atomic E-state index is 13.5. The van der Waals surface area contributed by atoms with Crippen molar-refractivity contribution in [2.45, 2.75) is 26.3 Å². The second kappa shape index (κ2) is 4.53. The minimum atomic E-state index is -0.844. The van der Waals surface area contributed by atoms with Gasteiger partial charge in [0.25, 0.3) is 0 Å². The summed E-state index contributed by atoms with van der Waals surface area (Å²) in [7, 11) is 0. The van der Waals surface area contributed by atoms with Crippen molar-refractivity contribution in [1.29, 1.82) is 0 Å². The Morgan fingerprint density at radius 1 is 1.40 bits per heavy atom. The van der Waals surface area contributed by atoms with Gasteiger partial charge in [-0.1, -0.05) is 17.7 Å². The number of hydrogen-bond donors (Lipinski definition) is 1. The maximum Gasteiger partial charge on any atom is 0.163 e. The van der Waals surface area contributed by atoms with Gasteiger partial charge in [-0.15, -0.1) is 6.58 Å². The van der Waals surface area contributed by atoms with Crippen molar-refractivity contribution in [3.05, 3.63) is 47.0 Å². The van der Waals surface area contributed by atoms with Gasteiger partial charge in [-0.25, -0.2) is 8.78 Å². The number of rotatable bonds is 3. The van der Waals surface area contributed by atoms with Crippen molar-refractivity contribution in [3.63, 3.8) is 0 Å². The third-order valence-electron chi connectivity index (χ3n) is 2.27. The Bertz CT molecular complexity index is 385. The summed E-state index contributed by atoms with van der Waals surface area (Å²) >= 11 is 0. The van der Waals surface area contributed by atoms with Crippen LogP contribution in [0.25, 0.3) is 0 Å². The fourth-order valence-corrected chi connectivity index (χ4v) is 1.43. The molecule has 0 aromatic heterocycles. The molecule has 0 saturated carbocycles. The van der Waals surface area contributed by atoms with E-state index in [-0.39, 0.29) is 5.56 Å². The zero-order valence-electron chi connectivity index (χ0n) is 8.98. The van der Waals surface area contributed by atoms with Crippen LogP contribution in [0.2, 0.25) is 0 Å². The summed E-state index contributed by atoms with van der Waals surface area (Å²) in [6.07, 6.45) is 0.458. The molecule has 1 nitrogen and oxygen atoms in total. The third kappa shape index (κ3) is 2.63. The normalized spacial score (nSPS) is 12.6. The number of aryl methyl sites for hydroxylation is 1. The molecule has 1 aromatic carbocycles. The first-order valence-electron chi connectivity index (χ1n) is 4.78. The van der Waals surface area contributed by atoms with Crippen molar-refractivity contribution >= 4 is 0 Å². The molecule has 0 radical (unpaired) electrons. The van der Waals surface area contributed by atoms with Crippen LogP contribution in [0.1, 0.15) is 30.5 Å². The van der Waals surface area contributed by atoms with Crippen molar-refractivity contribution in [2.75, 3.05) is 0 Å². The van der Waals surface area contributed by atoms with Gasteiger partial charge in [0.1, 0.15) is 0 Å². The lowest BCUT2D eigenvalue weighted by molar-refractivity contribution is 0.483.